The molecule has 0 saturated heterocycles. The van der Waals surface area contributed by atoms with Crippen molar-refractivity contribution in [1.82, 2.24) is 0 Å². The summed E-state index contributed by atoms with van der Waals surface area (Å²) in [5, 5.41) is 9.78. The zero-order valence-electron chi connectivity index (χ0n) is 9.80. The van der Waals surface area contributed by atoms with Gasteiger partial charge in [-0.05, 0) is 30.3 Å². The molecule has 0 atom stereocenters. The molecular formula is C14H12ClNO2. The van der Waals surface area contributed by atoms with E-state index < -0.39 is 5.97 Å². The summed E-state index contributed by atoms with van der Waals surface area (Å²) in [6.45, 7) is 0. The van der Waals surface area contributed by atoms with Crippen molar-refractivity contribution in [3.05, 3.63) is 59.1 Å². The lowest BCUT2D eigenvalue weighted by Crippen LogP contribution is -2.13. The van der Waals surface area contributed by atoms with Crippen molar-refractivity contribution in [2.75, 3.05) is 11.9 Å². The van der Waals surface area contributed by atoms with Gasteiger partial charge < -0.3 is 10.0 Å². The highest BCUT2D eigenvalue weighted by Crippen LogP contribution is 2.28. The Hall–Kier alpha value is -2.00. The van der Waals surface area contributed by atoms with Crippen LogP contribution < -0.4 is 4.90 Å². The van der Waals surface area contributed by atoms with Crippen LogP contribution in [0.15, 0.2) is 48.5 Å². The minimum atomic E-state index is -0.945. The molecule has 0 fully saturated rings. The van der Waals surface area contributed by atoms with Crippen LogP contribution in [0.3, 0.4) is 0 Å². The summed E-state index contributed by atoms with van der Waals surface area (Å²) in [7, 11) is 1.81. The Kier molecular flexibility index (Phi) is 3.53. The van der Waals surface area contributed by atoms with Crippen molar-refractivity contribution < 1.29 is 9.90 Å². The molecule has 0 radical (unpaired) electrons. The molecule has 0 spiro atoms. The van der Waals surface area contributed by atoms with E-state index in [4.69, 9.17) is 16.7 Å². The quantitative estimate of drug-likeness (QED) is 0.913. The molecule has 0 saturated carbocycles. The van der Waals surface area contributed by atoms with Gasteiger partial charge in [0.05, 0.1) is 11.3 Å². The monoisotopic (exact) mass is 261 g/mol. The van der Waals surface area contributed by atoms with E-state index in [2.05, 4.69) is 0 Å². The van der Waals surface area contributed by atoms with Crippen LogP contribution in [0.1, 0.15) is 10.4 Å². The molecule has 0 aromatic heterocycles. The third kappa shape index (κ3) is 2.46. The number of carbonyl (C=O) groups is 1. The van der Waals surface area contributed by atoms with Crippen LogP contribution in [-0.4, -0.2) is 18.1 Å². The molecular weight excluding hydrogens is 250 g/mol. The largest absolute Gasteiger partial charge is 0.478 e. The Morgan fingerprint density at radius 2 is 1.89 bits per heavy atom. The fourth-order valence-corrected chi connectivity index (χ4v) is 1.96. The zero-order chi connectivity index (χ0) is 13.1. The Morgan fingerprint density at radius 3 is 2.56 bits per heavy atom. The number of carboxylic acids is 1. The Balaban J connectivity index is 2.46. The fourth-order valence-electron chi connectivity index (χ4n) is 1.77. The van der Waals surface area contributed by atoms with Crippen molar-refractivity contribution >= 4 is 28.9 Å². The van der Waals surface area contributed by atoms with Gasteiger partial charge >= 0.3 is 5.97 Å². The van der Waals surface area contributed by atoms with Gasteiger partial charge in [-0.1, -0.05) is 29.8 Å². The lowest BCUT2D eigenvalue weighted by atomic mass is 10.1. The third-order valence-electron chi connectivity index (χ3n) is 2.69. The van der Waals surface area contributed by atoms with Gasteiger partial charge in [-0.25, -0.2) is 4.79 Å². The van der Waals surface area contributed by atoms with E-state index in [1.807, 2.05) is 25.2 Å². The van der Waals surface area contributed by atoms with Crippen LogP contribution in [0, 0.1) is 0 Å². The van der Waals surface area contributed by atoms with Crippen LogP contribution >= 0.6 is 11.6 Å². The zero-order valence-corrected chi connectivity index (χ0v) is 10.6. The number of anilines is 2. The number of hydrogen-bond acceptors (Lipinski definition) is 2. The number of aromatic carboxylic acids is 1. The maximum Gasteiger partial charge on any atom is 0.337 e. The highest BCUT2D eigenvalue weighted by molar-refractivity contribution is 6.30. The van der Waals surface area contributed by atoms with Gasteiger partial charge in [0.2, 0.25) is 0 Å². The molecule has 0 bridgehead atoms. The van der Waals surface area contributed by atoms with Crippen LogP contribution in [-0.2, 0) is 0 Å². The van der Waals surface area contributed by atoms with Crippen LogP contribution in [0.4, 0.5) is 11.4 Å². The Bertz CT molecular complexity index is 584. The molecule has 0 unspecified atom stereocenters. The molecule has 2 aromatic carbocycles. The average molecular weight is 262 g/mol. The minimum Gasteiger partial charge on any atom is -0.478 e. The van der Waals surface area contributed by atoms with Crippen molar-refractivity contribution in [2.24, 2.45) is 0 Å². The first-order valence-electron chi connectivity index (χ1n) is 5.41. The first kappa shape index (κ1) is 12.5. The maximum absolute atomic E-state index is 11.2. The maximum atomic E-state index is 11.2. The van der Waals surface area contributed by atoms with Crippen LogP contribution in [0.2, 0.25) is 5.02 Å². The number of carboxylic acid groups (broad SMARTS) is 1. The van der Waals surface area contributed by atoms with Crippen molar-refractivity contribution in [3.8, 4) is 0 Å². The molecule has 0 aliphatic rings. The fraction of sp³-hybridized carbons (Fsp3) is 0.0714. The summed E-state index contributed by atoms with van der Waals surface area (Å²) in [5.41, 5.74) is 1.74. The molecule has 0 heterocycles. The third-order valence-corrected chi connectivity index (χ3v) is 2.93. The standard InChI is InChI=1S/C14H12ClNO2/c1-16(11-6-4-5-10(15)9-11)13-8-3-2-7-12(13)14(17)18/h2-9H,1H3,(H,17,18). The lowest BCUT2D eigenvalue weighted by Gasteiger charge is -2.21. The lowest BCUT2D eigenvalue weighted by molar-refractivity contribution is 0.0697. The van der Waals surface area contributed by atoms with Gasteiger partial charge in [-0.15, -0.1) is 0 Å². The van der Waals surface area contributed by atoms with E-state index in [0.29, 0.717) is 10.7 Å². The van der Waals surface area contributed by atoms with E-state index in [1.165, 1.54) is 0 Å². The number of hydrogen-bond donors (Lipinski definition) is 1. The molecule has 0 aliphatic heterocycles. The highest BCUT2D eigenvalue weighted by Gasteiger charge is 2.13. The first-order valence-corrected chi connectivity index (χ1v) is 5.79. The van der Waals surface area contributed by atoms with E-state index in [9.17, 15) is 4.79 Å². The Morgan fingerprint density at radius 1 is 1.17 bits per heavy atom. The van der Waals surface area contributed by atoms with E-state index in [1.54, 1.807) is 35.2 Å². The summed E-state index contributed by atoms with van der Waals surface area (Å²) in [6.07, 6.45) is 0. The van der Waals surface area contributed by atoms with E-state index >= 15 is 0 Å². The summed E-state index contributed by atoms with van der Waals surface area (Å²) in [5.74, 6) is -0.945. The average Bonchev–Trinajstić information content (AvgIpc) is 2.38. The second-order valence-electron chi connectivity index (χ2n) is 3.86. The minimum absolute atomic E-state index is 0.264. The van der Waals surface area contributed by atoms with Gasteiger partial charge in [-0.3, -0.25) is 0 Å². The molecule has 2 aromatic rings. The summed E-state index contributed by atoms with van der Waals surface area (Å²) in [4.78, 5) is 13.0. The number of nitrogens with zero attached hydrogens (tertiary/aromatic N) is 1. The van der Waals surface area contributed by atoms with Gasteiger partial charge in [0, 0.05) is 17.8 Å². The first-order chi connectivity index (χ1) is 8.59. The molecule has 3 nitrogen and oxygen atoms in total. The van der Waals surface area contributed by atoms with Crippen molar-refractivity contribution in [1.29, 1.82) is 0 Å². The predicted octanol–water partition coefficient (Wildman–Crippen LogP) is 3.81. The second kappa shape index (κ2) is 5.10. The number of benzene rings is 2. The van der Waals surface area contributed by atoms with Crippen LogP contribution in [0.25, 0.3) is 0 Å². The molecule has 18 heavy (non-hydrogen) atoms. The summed E-state index contributed by atoms with van der Waals surface area (Å²) in [6, 6.07) is 14.1. The smallest absolute Gasteiger partial charge is 0.337 e. The normalized spacial score (nSPS) is 10.1. The molecule has 2 rings (SSSR count). The number of para-hydroxylation sites is 1. The van der Waals surface area contributed by atoms with Gasteiger partial charge in [-0.2, -0.15) is 0 Å². The second-order valence-corrected chi connectivity index (χ2v) is 4.30. The predicted molar refractivity (Wildman–Crippen MR) is 72.9 cm³/mol. The highest BCUT2D eigenvalue weighted by atomic mass is 35.5. The number of rotatable bonds is 3. The molecule has 0 aliphatic carbocycles. The molecule has 4 heteroatoms. The number of halogens is 1. The van der Waals surface area contributed by atoms with Gasteiger partial charge in [0.1, 0.15) is 0 Å². The molecule has 1 N–H and O–H groups in total. The van der Waals surface area contributed by atoms with Crippen molar-refractivity contribution in [2.45, 2.75) is 0 Å². The summed E-state index contributed by atoms with van der Waals surface area (Å²) >= 11 is 5.94. The SMILES string of the molecule is CN(c1cccc(Cl)c1)c1ccccc1C(=O)O. The molecule has 92 valence electrons. The van der Waals surface area contributed by atoms with E-state index in [-0.39, 0.29) is 5.56 Å². The summed E-state index contributed by atoms with van der Waals surface area (Å²) < 4.78 is 0. The molecule has 0 amide bonds. The topological polar surface area (TPSA) is 40.5 Å². The van der Waals surface area contributed by atoms with Crippen molar-refractivity contribution in [3.63, 3.8) is 0 Å². The van der Waals surface area contributed by atoms with Crippen LogP contribution in [0.5, 0.6) is 0 Å². The Labute approximate surface area is 110 Å². The van der Waals surface area contributed by atoms with Gasteiger partial charge in [0.25, 0.3) is 0 Å². The van der Waals surface area contributed by atoms with E-state index in [0.717, 1.165) is 5.69 Å². The van der Waals surface area contributed by atoms with Gasteiger partial charge in [0.15, 0.2) is 0 Å².